The molecule has 2 N–H and O–H groups in total. The van der Waals surface area contributed by atoms with Gasteiger partial charge in [-0.3, -0.25) is 0 Å². The average molecular weight is 499 g/mol. The van der Waals surface area contributed by atoms with Crippen LogP contribution >= 0.6 is 0 Å². The van der Waals surface area contributed by atoms with Gasteiger partial charge in [0.25, 0.3) is 0 Å². The van der Waals surface area contributed by atoms with Crippen molar-refractivity contribution in [3.63, 3.8) is 0 Å². The Kier molecular flexibility index (Phi) is 6.24. The second kappa shape index (κ2) is 9.00. The molecule has 2 nitrogen and oxygen atoms in total. The van der Waals surface area contributed by atoms with Crippen molar-refractivity contribution >= 4 is 0 Å². The Labute approximate surface area is 208 Å². The summed E-state index contributed by atoms with van der Waals surface area (Å²) in [4.78, 5) is 0. The van der Waals surface area contributed by atoms with Crippen molar-refractivity contribution in [2.24, 2.45) is 5.41 Å². The molecule has 0 amide bonds. The van der Waals surface area contributed by atoms with E-state index < -0.39 is 29.8 Å². The van der Waals surface area contributed by atoms with Crippen LogP contribution < -0.4 is 0 Å². The first-order valence-electron chi connectivity index (χ1n) is 12.5. The zero-order valence-electron chi connectivity index (χ0n) is 20.4. The van der Waals surface area contributed by atoms with Gasteiger partial charge in [0.05, 0.1) is 11.7 Å². The lowest BCUT2D eigenvalue weighted by Crippen LogP contribution is -2.37. The lowest BCUT2D eigenvalue weighted by atomic mass is 9.58. The van der Waals surface area contributed by atoms with Gasteiger partial charge in [0, 0.05) is 0 Å². The van der Waals surface area contributed by atoms with Crippen molar-refractivity contribution in [3.05, 3.63) is 93.8 Å². The fraction of sp³-hybridized carbons (Fsp3) is 0.400. The van der Waals surface area contributed by atoms with Crippen molar-refractivity contribution in [2.75, 3.05) is 0 Å². The Bertz CT molecular complexity index is 1260. The third-order valence-corrected chi connectivity index (χ3v) is 8.05. The van der Waals surface area contributed by atoms with Crippen LogP contribution in [0.25, 0.3) is 11.1 Å². The van der Waals surface area contributed by atoms with Gasteiger partial charge < -0.3 is 10.2 Å². The highest BCUT2D eigenvalue weighted by Gasteiger charge is 2.44. The largest absolute Gasteiger partial charge is 0.416 e. The Morgan fingerprint density at radius 3 is 2.14 bits per heavy atom. The average Bonchev–Trinajstić information content (AvgIpc) is 2.81. The van der Waals surface area contributed by atoms with Crippen molar-refractivity contribution in [3.8, 4) is 11.1 Å². The maximum atomic E-state index is 13.8. The van der Waals surface area contributed by atoms with E-state index in [-0.39, 0.29) is 11.3 Å². The fourth-order valence-corrected chi connectivity index (χ4v) is 6.09. The van der Waals surface area contributed by atoms with Crippen LogP contribution in [0.15, 0.2) is 54.6 Å². The number of halogens is 4. The first-order chi connectivity index (χ1) is 17.0. The van der Waals surface area contributed by atoms with Crippen molar-refractivity contribution < 1.29 is 27.8 Å². The van der Waals surface area contributed by atoms with Crippen molar-refractivity contribution in [1.29, 1.82) is 0 Å². The minimum absolute atomic E-state index is 0.00464. The third-order valence-electron chi connectivity index (χ3n) is 8.05. The molecule has 2 unspecified atom stereocenters. The summed E-state index contributed by atoms with van der Waals surface area (Å²) < 4.78 is 53.3. The molecule has 2 aliphatic carbocycles. The standard InChI is InChI=1S/C30H30F4O2/c1-17(2)23-14-20-15-29(12-3-13-29)16-24(35)25(20)26(18-6-10-22(31)11-7-18)27(23)28(36)19-4-8-21(9-5-19)30(32,33)34/h4-11,14,17,24,28,35-36H,3,12-13,15-16H2,1-2H3. The van der Waals surface area contributed by atoms with Crippen LogP contribution in [0.1, 0.15) is 91.0 Å². The van der Waals surface area contributed by atoms with Gasteiger partial charge in [0.15, 0.2) is 0 Å². The molecule has 0 aromatic heterocycles. The summed E-state index contributed by atoms with van der Waals surface area (Å²) in [6, 6.07) is 12.6. The Morgan fingerprint density at radius 1 is 0.972 bits per heavy atom. The van der Waals surface area contributed by atoms with E-state index in [2.05, 4.69) is 6.07 Å². The normalized spacial score (nSPS) is 19.8. The molecule has 36 heavy (non-hydrogen) atoms. The molecule has 2 aliphatic rings. The van der Waals surface area contributed by atoms with E-state index in [4.69, 9.17) is 0 Å². The number of alkyl halides is 3. The Balaban J connectivity index is 1.74. The van der Waals surface area contributed by atoms with Crippen LogP contribution in [0.2, 0.25) is 0 Å². The van der Waals surface area contributed by atoms with Gasteiger partial charge in [0.1, 0.15) is 11.9 Å². The molecule has 0 saturated heterocycles. The number of hydrogen-bond acceptors (Lipinski definition) is 2. The predicted molar refractivity (Wildman–Crippen MR) is 131 cm³/mol. The lowest BCUT2D eigenvalue weighted by molar-refractivity contribution is -0.137. The van der Waals surface area contributed by atoms with Crippen LogP contribution in [0.3, 0.4) is 0 Å². The van der Waals surface area contributed by atoms with Gasteiger partial charge in [-0.25, -0.2) is 4.39 Å². The van der Waals surface area contributed by atoms with Crippen LogP contribution in [-0.4, -0.2) is 10.2 Å². The maximum Gasteiger partial charge on any atom is 0.416 e. The number of hydrogen-bond donors (Lipinski definition) is 2. The van der Waals surface area contributed by atoms with E-state index in [1.165, 1.54) is 24.3 Å². The number of benzene rings is 3. The second-order valence-electron chi connectivity index (χ2n) is 10.8. The zero-order chi connectivity index (χ0) is 25.8. The predicted octanol–water partition coefficient (Wildman–Crippen LogP) is 7.87. The summed E-state index contributed by atoms with van der Waals surface area (Å²) in [6.07, 6.45) is -1.68. The molecule has 0 aliphatic heterocycles. The number of aliphatic hydroxyl groups excluding tert-OH is 2. The topological polar surface area (TPSA) is 40.5 Å². The third kappa shape index (κ3) is 4.35. The highest BCUT2D eigenvalue weighted by atomic mass is 19.4. The first kappa shape index (κ1) is 25.0. The molecular weight excluding hydrogens is 468 g/mol. The van der Waals surface area contributed by atoms with E-state index >= 15 is 0 Å². The van der Waals surface area contributed by atoms with Gasteiger partial charge in [-0.15, -0.1) is 0 Å². The first-order valence-corrected chi connectivity index (χ1v) is 12.5. The molecule has 0 radical (unpaired) electrons. The molecule has 6 heteroatoms. The minimum Gasteiger partial charge on any atom is -0.388 e. The van der Waals surface area contributed by atoms with E-state index in [9.17, 15) is 27.8 Å². The number of aliphatic hydroxyl groups is 2. The summed E-state index contributed by atoms with van der Waals surface area (Å²) in [5.41, 5.74) is 4.17. The van der Waals surface area contributed by atoms with E-state index in [1.807, 2.05) is 13.8 Å². The summed E-state index contributed by atoms with van der Waals surface area (Å²) in [5, 5.41) is 23.0. The van der Waals surface area contributed by atoms with Gasteiger partial charge in [-0.2, -0.15) is 13.2 Å². The molecule has 1 fully saturated rings. The van der Waals surface area contributed by atoms with Crippen molar-refractivity contribution in [2.45, 2.75) is 70.3 Å². The van der Waals surface area contributed by atoms with Crippen LogP contribution in [-0.2, 0) is 12.6 Å². The minimum atomic E-state index is -4.47. The molecule has 3 aromatic carbocycles. The fourth-order valence-electron chi connectivity index (χ4n) is 6.09. The SMILES string of the molecule is CC(C)c1cc2c(c(-c3ccc(F)cc3)c1C(O)c1ccc(C(F)(F)F)cc1)C(O)CC1(CCC1)C2. The van der Waals surface area contributed by atoms with Gasteiger partial charge in [-0.05, 0) is 100 Å². The Hall–Kier alpha value is -2.70. The summed E-state index contributed by atoms with van der Waals surface area (Å²) in [6.45, 7) is 4.02. The molecule has 0 bridgehead atoms. The molecule has 3 aromatic rings. The second-order valence-corrected chi connectivity index (χ2v) is 10.8. The van der Waals surface area contributed by atoms with Crippen LogP contribution in [0.5, 0.6) is 0 Å². The summed E-state index contributed by atoms with van der Waals surface area (Å²) >= 11 is 0. The van der Waals surface area contributed by atoms with Crippen LogP contribution in [0.4, 0.5) is 17.6 Å². The number of rotatable bonds is 4. The lowest BCUT2D eigenvalue weighted by Gasteiger charge is -2.48. The van der Waals surface area contributed by atoms with Crippen molar-refractivity contribution in [1.82, 2.24) is 0 Å². The molecule has 1 saturated carbocycles. The monoisotopic (exact) mass is 498 g/mol. The van der Waals surface area contributed by atoms with Gasteiger partial charge in [-0.1, -0.05) is 50.6 Å². The van der Waals surface area contributed by atoms with Gasteiger partial charge in [0.2, 0.25) is 0 Å². The van der Waals surface area contributed by atoms with E-state index in [0.29, 0.717) is 28.7 Å². The number of fused-ring (bicyclic) bond motifs is 1. The summed E-state index contributed by atoms with van der Waals surface area (Å²) in [7, 11) is 0. The smallest absolute Gasteiger partial charge is 0.388 e. The highest BCUT2D eigenvalue weighted by Crippen LogP contribution is 2.56. The van der Waals surface area contributed by atoms with Crippen LogP contribution in [0, 0.1) is 11.2 Å². The quantitative estimate of drug-likeness (QED) is 0.360. The van der Waals surface area contributed by atoms with E-state index in [0.717, 1.165) is 54.5 Å². The van der Waals surface area contributed by atoms with Gasteiger partial charge >= 0.3 is 6.18 Å². The Morgan fingerprint density at radius 2 is 1.61 bits per heavy atom. The van der Waals surface area contributed by atoms with E-state index in [1.54, 1.807) is 12.1 Å². The highest BCUT2D eigenvalue weighted by molar-refractivity contribution is 5.76. The molecule has 1 spiro atoms. The zero-order valence-corrected chi connectivity index (χ0v) is 20.4. The molecule has 0 heterocycles. The maximum absolute atomic E-state index is 13.8. The molecular formula is C30H30F4O2. The molecule has 190 valence electrons. The molecule has 5 rings (SSSR count). The summed E-state index contributed by atoms with van der Waals surface area (Å²) in [5.74, 6) is -0.392. The molecule has 2 atom stereocenters.